The van der Waals surface area contributed by atoms with Gasteiger partial charge >= 0.3 is 0 Å². The van der Waals surface area contributed by atoms with Crippen LogP contribution in [-0.4, -0.2) is 36.4 Å². The number of ether oxygens (including phenoxy) is 1. The Balaban J connectivity index is 1.83. The molecule has 0 heterocycles. The third kappa shape index (κ3) is 5.55. The van der Waals surface area contributed by atoms with Crippen LogP contribution >= 0.6 is 39.1 Å². The van der Waals surface area contributed by atoms with Crippen LogP contribution in [0, 0.1) is 0 Å². The predicted molar refractivity (Wildman–Crippen MR) is 132 cm³/mol. The lowest BCUT2D eigenvalue weighted by Gasteiger charge is -2.30. The maximum absolute atomic E-state index is 13.2. The van der Waals surface area contributed by atoms with E-state index in [2.05, 4.69) is 21.2 Å². The van der Waals surface area contributed by atoms with Crippen LogP contribution in [0.25, 0.3) is 10.8 Å². The molecule has 0 aliphatic carbocycles. The molecule has 0 aromatic heterocycles. The summed E-state index contributed by atoms with van der Waals surface area (Å²) < 4.78 is 6.64. The molecule has 0 radical (unpaired) electrons. The van der Waals surface area contributed by atoms with Crippen molar-refractivity contribution in [3.05, 3.63) is 74.7 Å². The van der Waals surface area contributed by atoms with Gasteiger partial charge < -0.3 is 15.0 Å². The summed E-state index contributed by atoms with van der Waals surface area (Å²) in [6.07, 6.45) is 0.451. The molecule has 0 bridgehead atoms. The summed E-state index contributed by atoms with van der Waals surface area (Å²) in [5, 5.41) is 5.50. The van der Waals surface area contributed by atoms with Gasteiger partial charge in [0.05, 0.1) is 14.5 Å². The van der Waals surface area contributed by atoms with E-state index >= 15 is 0 Å². The Morgan fingerprint density at radius 2 is 1.84 bits per heavy atom. The van der Waals surface area contributed by atoms with Gasteiger partial charge in [0, 0.05) is 13.6 Å². The molecule has 0 aliphatic rings. The minimum atomic E-state index is -0.648. The van der Waals surface area contributed by atoms with E-state index in [1.54, 1.807) is 25.2 Å². The normalized spacial score (nSPS) is 11.8. The van der Waals surface area contributed by atoms with Gasteiger partial charge in [0.25, 0.3) is 5.91 Å². The number of carbonyl (C=O) groups excluding carboxylic acids is 2. The molecule has 1 N–H and O–H groups in total. The summed E-state index contributed by atoms with van der Waals surface area (Å²) >= 11 is 15.7. The predicted octanol–water partition coefficient (Wildman–Crippen LogP) is 5.84. The number of halogens is 3. The van der Waals surface area contributed by atoms with Crippen molar-refractivity contribution >= 4 is 61.7 Å². The number of carbonyl (C=O) groups is 2. The highest BCUT2D eigenvalue weighted by Crippen LogP contribution is 2.33. The van der Waals surface area contributed by atoms with Crippen molar-refractivity contribution in [3.63, 3.8) is 0 Å². The van der Waals surface area contributed by atoms with E-state index in [9.17, 15) is 9.59 Å². The molecule has 3 rings (SSSR count). The smallest absolute Gasteiger partial charge is 0.261 e. The Morgan fingerprint density at radius 1 is 1.09 bits per heavy atom. The Bertz CT molecular complexity index is 1140. The lowest BCUT2D eigenvalue weighted by molar-refractivity contribution is -0.142. The number of nitrogens with zero attached hydrogens (tertiary/aromatic N) is 1. The Morgan fingerprint density at radius 3 is 2.53 bits per heavy atom. The fourth-order valence-electron chi connectivity index (χ4n) is 3.47. The van der Waals surface area contributed by atoms with Crippen LogP contribution in [0.2, 0.25) is 10.0 Å². The minimum Gasteiger partial charge on any atom is -0.483 e. The SMILES string of the molecule is CCC(C(=O)NC)N(Cc1ccc(Cl)c(Cl)c1)C(=O)COc1ccc2ccccc2c1Br. The first-order chi connectivity index (χ1) is 15.3. The quantitative estimate of drug-likeness (QED) is 0.392. The maximum atomic E-state index is 13.2. The summed E-state index contributed by atoms with van der Waals surface area (Å²) in [5.41, 5.74) is 0.766. The van der Waals surface area contributed by atoms with Crippen LogP contribution in [0.3, 0.4) is 0 Å². The first-order valence-corrected chi connectivity index (χ1v) is 11.7. The lowest BCUT2D eigenvalue weighted by Crippen LogP contribution is -2.49. The number of rotatable bonds is 8. The summed E-state index contributed by atoms with van der Waals surface area (Å²) in [6, 6.07) is 16.1. The molecule has 3 aromatic rings. The Labute approximate surface area is 205 Å². The van der Waals surface area contributed by atoms with Crippen molar-refractivity contribution < 1.29 is 14.3 Å². The van der Waals surface area contributed by atoms with Crippen LogP contribution in [0.15, 0.2) is 59.1 Å². The molecule has 3 aromatic carbocycles. The van der Waals surface area contributed by atoms with E-state index in [4.69, 9.17) is 27.9 Å². The van der Waals surface area contributed by atoms with Crippen molar-refractivity contribution in [1.29, 1.82) is 0 Å². The van der Waals surface area contributed by atoms with E-state index in [0.29, 0.717) is 22.2 Å². The van der Waals surface area contributed by atoms with Crippen molar-refractivity contribution in [2.24, 2.45) is 0 Å². The summed E-state index contributed by atoms with van der Waals surface area (Å²) in [6.45, 7) is 1.84. The third-order valence-corrected chi connectivity index (χ3v) is 6.71. The van der Waals surface area contributed by atoms with Crippen LogP contribution in [0.4, 0.5) is 0 Å². The van der Waals surface area contributed by atoms with Gasteiger partial charge in [0.15, 0.2) is 6.61 Å². The van der Waals surface area contributed by atoms with Crippen LogP contribution in [0.5, 0.6) is 5.75 Å². The van der Waals surface area contributed by atoms with Crippen LogP contribution < -0.4 is 10.1 Å². The number of nitrogens with one attached hydrogen (secondary N) is 1. The molecule has 5 nitrogen and oxygen atoms in total. The van der Waals surface area contributed by atoms with Gasteiger partial charge in [0.1, 0.15) is 11.8 Å². The molecule has 0 aliphatic heterocycles. The minimum absolute atomic E-state index is 0.198. The molecular weight excluding hydrogens is 515 g/mol. The zero-order valence-electron chi connectivity index (χ0n) is 17.7. The number of amides is 2. The fraction of sp³-hybridized carbons (Fsp3) is 0.250. The van der Waals surface area contributed by atoms with Gasteiger partial charge in [-0.15, -0.1) is 0 Å². The summed E-state index contributed by atoms with van der Waals surface area (Å²) in [7, 11) is 1.55. The molecule has 0 fully saturated rings. The molecule has 2 amide bonds. The molecule has 0 saturated carbocycles. The zero-order valence-corrected chi connectivity index (χ0v) is 20.8. The third-order valence-electron chi connectivity index (χ3n) is 5.15. The second kappa shape index (κ2) is 11.0. The van der Waals surface area contributed by atoms with Gasteiger partial charge in [-0.2, -0.15) is 0 Å². The van der Waals surface area contributed by atoms with Gasteiger partial charge in [-0.3, -0.25) is 9.59 Å². The average molecular weight is 538 g/mol. The highest BCUT2D eigenvalue weighted by molar-refractivity contribution is 9.10. The lowest BCUT2D eigenvalue weighted by atomic mass is 10.1. The van der Waals surface area contributed by atoms with Crippen LogP contribution in [0.1, 0.15) is 18.9 Å². The Hall–Kier alpha value is -2.28. The van der Waals surface area contributed by atoms with E-state index in [-0.39, 0.29) is 25.0 Å². The number of fused-ring (bicyclic) bond motifs is 1. The van der Waals surface area contributed by atoms with Gasteiger partial charge in [-0.1, -0.05) is 66.5 Å². The van der Waals surface area contributed by atoms with Crippen molar-refractivity contribution in [3.8, 4) is 5.75 Å². The standard InChI is InChI=1S/C24H23BrCl2N2O3/c1-3-20(24(31)28-2)29(13-15-8-10-18(26)19(27)12-15)22(30)14-32-21-11-9-16-6-4-5-7-17(16)23(21)25/h4-12,20H,3,13-14H2,1-2H3,(H,28,31). The molecule has 0 spiro atoms. The molecule has 1 atom stereocenters. The van der Waals surface area contributed by atoms with Gasteiger partial charge in [-0.05, 0) is 56.9 Å². The van der Waals surface area contributed by atoms with Gasteiger partial charge in [-0.25, -0.2) is 0 Å². The summed E-state index contributed by atoms with van der Waals surface area (Å²) in [4.78, 5) is 27.2. The zero-order chi connectivity index (χ0) is 23.3. The van der Waals surface area contributed by atoms with Crippen molar-refractivity contribution in [2.75, 3.05) is 13.7 Å². The highest BCUT2D eigenvalue weighted by atomic mass is 79.9. The molecule has 8 heteroatoms. The van der Waals surface area contributed by atoms with Gasteiger partial charge in [0.2, 0.25) is 5.91 Å². The summed E-state index contributed by atoms with van der Waals surface area (Å²) in [5.74, 6) is -0.00101. The first kappa shape index (κ1) is 24.4. The molecule has 168 valence electrons. The highest BCUT2D eigenvalue weighted by Gasteiger charge is 2.28. The number of hydrogen-bond donors (Lipinski definition) is 1. The monoisotopic (exact) mass is 536 g/mol. The topological polar surface area (TPSA) is 58.6 Å². The van der Waals surface area contributed by atoms with E-state index in [1.807, 2.05) is 43.3 Å². The van der Waals surface area contributed by atoms with E-state index in [1.165, 1.54) is 4.90 Å². The molecular formula is C24H23BrCl2N2O3. The largest absolute Gasteiger partial charge is 0.483 e. The number of benzene rings is 3. The van der Waals surface area contributed by atoms with Crippen molar-refractivity contribution in [1.82, 2.24) is 10.2 Å². The molecule has 1 unspecified atom stereocenters. The molecule has 32 heavy (non-hydrogen) atoms. The fourth-order valence-corrected chi connectivity index (χ4v) is 4.40. The van der Waals surface area contributed by atoms with E-state index in [0.717, 1.165) is 20.8 Å². The number of hydrogen-bond acceptors (Lipinski definition) is 3. The van der Waals surface area contributed by atoms with Crippen molar-refractivity contribution in [2.45, 2.75) is 25.9 Å². The van der Waals surface area contributed by atoms with Crippen LogP contribution in [-0.2, 0) is 16.1 Å². The number of likely N-dealkylation sites (N-methyl/N-ethyl adjacent to an activating group) is 1. The second-order valence-corrected chi connectivity index (χ2v) is 8.80. The van der Waals surface area contributed by atoms with E-state index < -0.39 is 6.04 Å². The maximum Gasteiger partial charge on any atom is 0.261 e. The average Bonchev–Trinajstić information content (AvgIpc) is 2.80. The first-order valence-electron chi connectivity index (χ1n) is 10.1. The Kier molecular flexibility index (Phi) is 8.40. The second-order valence-electron chi connectivity index (χ2n) is 7.20. The molecule has 0 saturated heterocycles.